The largest absolute Gasteiger partial charge is 0.493 e. The van der Waals surface area contributed by atoms with Crippen LogP contribution in [0, 0.1) is 0 Å². The topological polar surface area (TPSA) is 87.6 Å². The minimum atomic E-state index is -0.159. The molecule has 1 aromatic rings. The number of aliphatic hydroxyl groups excluding tert-OH is 1. The molecule has 1 unspecified atom stereocenters. The van der Waals surface area contributed by atoms with Crippen LogP contribution >= 0.6 is 24.0 Å². The molecule has 0 amide bonds. The second-order valence-corrected chi connectivity index (χ2v) is 8.15. The molecule has 8 nitrogen and oxygen atoms in total. The second-order valence-electron chi connectivity index (χ2n) is 8.15. The van der Waals surface area contributed by atoms with Gasteiger partial charge in [-0.1, -0.05) is 6.07 Å². The number of hydrogen-bond donors (Lipinski definition) is 3. The quantitative estimate of drug-likeness (QED) is 0.255. The fourth-order valence-corrected chi connectivity index (χ4v) is 4.29. The van der Waals surface area contributed by atoms with Crippen molar-refractivity contribution in [2.75, 3.05) is 53.6 Å². The van der Waals surface area contributed by atoms with E-state index in [0.29, 0.717) is 12.6 Å². The van der Waals surface area contributed by atoms with Crippen LogP contribution in [0.3, 0.4) is 0 Å². The number of nitrogens with zero attached hydrogens (tertiary/aromatic N) is 2. The van der Waals surface area contributed by atoms with Crippen molar-refractivity contribution in [3.63, 3.8) is 0 Å². The maximum Gasteiger partial charge on any atom is 0.191 e. The number of morpholine rings is 1. The van der Waals surface area contributed by atoms with Crippen molar-refractivity contribution >= 4 is 29.9 Å². The summed E-state index contributed by atoms with van der Waals surface area (Å²) in [5.41, 5.74) is 1.15. The lowest BCUT2D eigenvalue weighted by Gasteiger charge is -2.34. The molecule has 182 valence electrons. The van der Waals surface area contributed by atoms with Crippen LogP contribution in [-0.4, -0.2) is 81.7 Å². The lowest BCUT2D eigenvalue weighted by molar-refractivity contribution is 0.0179. The number of aliphatic hydroxyl groups is 1. The maximum absolute atomic E-state index is 9.78. The monoisotopic (exact) mass is 562 g/mol. The number of methoxy groups -OCH3 is 2. The Morgan fingerprint density at radius 3 is 2.47 bits per heavy atom. The zero-order valence-corrected chi connectivity index (χ0v) is 21.8. The lowest BCUT2D eigenvalue weighted by atomic mass is 9.93. The van der Waals surface area contributed by atoms with Crippen molar-refractivity contribution in [1.29, 1.82) is 0 Å². The van der Waals surface area contributed by atoms with Crippen LogP contribution in [0.25, 0.3) is 0 Å². The molecule has 1 saturated carbocycles. The average Bonchev–Trinajstić information content (AvgIpc) is 2.81. The van der Waals surface area contributed by atoms with Crippen molar-refractivity contribution in [3.05, 3.63) is 23.8 Å². The van der Waals surface area contributed by atoms with Gasteiger partial charge in [0, 0.05) is 25.7 Å². The Labute approximate surface area is 209 Å². The van der Waals surface area contributed by atoms with E-state index in [9.17, 15) is 5.11 Å². The minimum absolute atomic E-state index is 0. The molecule has 1 heterocycles. The summed E-state index contributed by atoms with van der Waals surface area (Å²) in [5, 5.41) is 16.7. The van der Waals surface area contributed by atoms with Gasteiger partial charge in [0.2, 0.25) is 0 Å². The van der Waals surface area contributed by atoms with Gasteiger partial charge in [-0.25, -0.2) is 0 Å². The molecule has 2 fully saturated rings. The fourth-order valence-electron chi connectivity index (χ4n) is 4.29. The van der Waals surface area contributed by atoms with Gasteiger partial charge in [0.25, 0.3) is 0 Å². The lowest BCUT2D eigenvalue weighted by Crippen LogP contribution is -2.46. The number of rotatable bonds is 8. The van der Waals surface area contributed by atoms with Crippen molar-refractivity contribution < 1.29 is 19.3 Å². The molecule has 1 aromatic carbocycles. The standard InChI is InChI=1S/C23H38N4O4.HI/c1-4-24-23(26-18-6-8-19(28)9-7-18)25-16-20(27-11-13-31-14-12-27)17-5-10-21(29-2)22(15-17)30-3;/h5,10,15,18-20,28H,4,6-9,11-14,16H2,1-3H3,(H2,24,25,26);1H. The minimum Gasteiger partial charge on any atom is -0.493 e. The van der Waals surface area contributed by atoms with Crippen LogP contribution in [0.2, 0.25) is 0 Å². The zero-order valence-electron chi connectivity index (χ0n) is 19.5. The van der Waals surface area contributed by atoms with Gasteiger partial charge in [-0.05, 0) is 50.3 Å². The molecule has 9 heteroatoms. The molecule has 3 rings (SSSR count). The molecule has 0 bridgehead atoms. The van der Waals surface area contributed by atoms with E-state index in [4.69, 9.17) is 19.2 Å². The predicted octanol–water partition coefficient (Wildman–Crippen LogP) is 2.55. The molecule has 1 aliphatic heterocycles. The normalized spacial score (nSPS) is 23.1. The van der Waals surface area contributed by atoms with E-state index in [-0.39, 0.29) is 36.1 Å². The SMILES string of the molecule is CCNC(=NCC(c1ccc(OC)c(OC)c1)N1CCOCC1)NC1CCC(O)CC1.I. The summed E-state index contributed by atoms with van der Waals surface area (Å²) in [7, 11) is 3.32. The molecular weight excluding hydrogens is 523 g/mol. The van der Waals surface area contributed by atoms with E-state index in [1.807, 2.05) is 6.07 Å². The Bertz CT molecular complexity index is 707. The average molecular weight is 562 g/mol. The van der Waals surface area contributed by atoms with Crippen LogP contribution in [0.4, 0.5) is 0 Å². The molecule has 0 spiro atoms. The molecule has 32 heavy (non-hydrogen) atoms. The Hall–Kier alpha value is -1.30. The van der Waals surface area contributed by atoms with E-state index in [1.165, 1.54) is 0 Å². The highest BCUT2D eigenvalue weighted by Crippen LogP contribution is 2.32. The smallest absolute Gasteiger partial charge is 0.191 e. The first-order valence-corrected chi connectivity index (χ1v) is 11.4. The molecule has 2 aliphatic rings. The molecule has 0 aromatic heterocycles. The van der Waals surface area contributed by atoms with Crippen LogP contribution in [0.15, 0.2) is 23.2 Å². The Kier molecular flexibility index (Phi) is 11.8. The summed E-state index contributed by atoms with van der Waals surface area (Å²) in [6.45, 7) is 6.72. The van der Waals surface area contributed by atoms with Crippen LogP contribution < -0.4 is 20.1 Å². The number of halogens is 1. The summed E-state index contributed by atoms with van der Waals surface area (Å²) >= 11 is 0. The first-order chi connectivity index (χ1) is 15.1. The second kappa shape index (κ2) is 14.1. The van der Waals surface area contributed by atoms with Crippen molar-refractivity contribution in [2.45, 2.75) is 50.8 Å². The van der Waals surface area contributed by atoms with Gasteiger partial charge in [-0.3, -0.25) is 9.89 Å². The van der Waals surface area contributed by atoms with E-state index in [1.54, 1.807) is 14.2 Å². The Morgan fingerprint density at radius 2 is 1.84 bits per heavy atom. The molecule has 1 saturated heterocycles. The van der Waals surface area contributed by atoms with Crippen LogP contribution in [-0.2, 0) is 4.74 Å². The number of nitrogens with one attached hydrogen (secondary N) is 2. The van der Waals surface area contributed by atoms with Gasteiger partial charge in [0.1, 0.15) is 0 Å². The summed E-state index contributed by atoms with van der Waals surface area (Å²) in [6, 6.07) is 6.58. The molecule has 1 atom stereocenters. The first kappa shape index (κ1) is 26.9. The number of guanidine groups is 1. The first-order valence-electron chi connectivity index (χ1n) is 11.4. The number of ether oxygens (including phenoxy) is 3. The summed E-state index contributed by atoms with van der Waals surface area (Å²) in [5.74, 6) is 2.29. The van der Waals surface area contributed by atoms with Crippen LogP contribution in [0.1, 0.15) is 44.2 Å². The van der Waals surface area contributed by atoms with Crippen molar-refractivity contribution in [3.8, 4) is 11.5 Å². The molecule has 1 aliphatic carbocycles. The van der Waals surface area contributed by atoms with Crippen LogP contribution in [0.5, 0.6) is 11.5 Å². The van der Waals surface area contributed by atoms with Gasteiger partial charge < -0.3 is 30.0 Å². The summed E-state index contributed by atoms with van der Waals surface area (Å²) in [4.78, 5) is 7.38. The highest BCUT2D eigenvalue weighted by molar-refractivity contribution is 14.0. The number of aliphatic imine (C=N–C) groups is 1. The fraction of sp³-hybridized carbons (Fsp3) is 0.696. The third-order valence-electron chi connectivity index (χ3n) is 6.08. The summed E-state index contributed by atoms with van der Waals surface area (Å²) < 4.78 is 16.5. The van der Waals surface area contributed by atoms with Gasteiger partial charge in [0.05, 0.1) is 46.1 Å². The molecule has 3 N–H and O–H groups in total. The summed E-state index contributed by atoms with van der Waals surface area (Å²) in [6.07, 6.45) is 3.47. The van der Waals surface area contributed by atoms with Gasteiger partial charge >= 0.3 is 0 Å². The highest BCUT2D eigenvalue weighted by atomic mass is 127. The Balaban J connectivity index is 0.00000363. The van der Waals surface area contributed by atoms with E-state index >= 15 is 0 Å². The Morgan fingerprint density at radius 1 is 1.16 bits per heavy atom. The van der Waals surface area contributed by atoms with E-state index in [2.05, 4.69) is 34.6 Å². The van der Waals surface area contributed by atoms with Gasteiger partial charge in [-0.2, -0.15) is 0 Å². The molecule has 0 radical (unpaired) electrons. The number of hydrogen-bond acceptors (Lipinski definition) is 6. The van der Waals surface area contributed by atoms with Gasteiger partial charge in [0.15, 0.2) is 17.5 Å². The van der Waals surface area contributed by atoms with Gasteiger partial charge in [-0.15, -0.1) is 24.0 Å². The predicted molar refractivity (Wildman–Crippen MR) is 137 cm³/mol. The maximum atomic E-state index is 9.78. The zero-order chi connectivity index (χ0) is 22.1. The van der Waals surface area contributed by atoms with E-state index in [0.717, 1.165) is 81.6 Å². The van der Waals surface area contributed by atoms with Crippen molar-refractivity contribution in [1.82, 2.24) is 15.5 Å². The van der Waals surface area contributed by atoms with Crippen molar-refractivity contribution in [2.24, 2.45) is 4.99 Å². The third kappa shape index (κ3) is 7.64. The molecular formula is C23H39IN4O4. The van der Waals surface area contributed by atoms with E-state index < -0.39 is 0 Å². The highest BCUT2D eigenvalue weighted by Gasteiger charge is 2.25. The number of benzene rings is 1. The third-order valence-corrected chi connectivity index (χ3v) is 6.08.